The Morgan fingerprint density at radius 1 is 1.03 bits per heavy atom. The van der Waals surface area contributed by atoms with Crippen molar-refractivity contribution < 1.29 is 19.1 Å². The summed E-state index contributed by atoms with van der Waals surface area (Å²) in [5, 5.41) is 3.07. The van der Waals surface area contributed by atoms with Crippen molar-refractivity contribution in [3.05, 3.63) is 76.7 Å². The first-order valence-electron chi connectivity index (χ1n) is 9.30. The Balaban J connectivity index is 1.62. The van der Waals surface area contributed by atoms with Gasteiger partial charge in [-0.15, -0.1) is 0 Å². The third-order valence-electron chi connectivity index (χ3n) is 4.79. The molecular weight excluding hydrogens is 432 g/mol. The van der Waals surface area contributed by atoms with E-state index in [2.05, 4.69) is 5.43 Å². The van der Waals surface area contributed by atoms with Crippen LogP contribution < -0.4 is 14.9 Å². The molecule has 0 saturated carbocycles. The maximum Gasteiger partial charge on any atom is 0.285 e. The molecule has 1 fully saturated rings. The number of carbonyl (C=O) groups is 2. The Labute approximate surface area is 188 Å². The lowest BCUT2D eigenvalue weighted by atomic mass is 10.0. The Hall–Kier alpha value is -3.36. The largest absolute Gasteiger partial charge is 0.497 e. The molecule has 0 aliphatic carbocycles. The van der Waals surface area contributed by atoms with Crippen molar-refractivity contribution in [2.24, 2.45) is 0 Å². The Kier molecular flexibility index (Phi) is 5.92. The van der Waals surface area contributed by atoms with Gasteiger partial charge < -0.3 is 9.47 Å². The van der Waals surface area contributed by atoms with Gasteiger partial charge in [0.25, 0.3) is 11.8 Å². The smallest absolute Gasteiger partial charge is 0.285 e. The van der Waals surface area contributed by atoms with Crippen molar-refractivity contribution in [3.8, 4) is 11.5 Å². The zero-order chi connectivity index (χ0) is 22.0. The molecule has 1 aliphatic heterocycles. The van der Waals surface area contributed by atoms with Crippen LogP contribution in [0.25, 0.3) is 16.8 Å². The maximum atomic E-state index is 13.0. The third-order valence-corrected chi connectivity index (χ3v) is 6.09. The standard InChI is InChI=1S/C23H18N2O4S2/c1-28-16-10-7-15(8-11-16)21(26)24-25-22(27)20(31-23(25)30)13-18-17-6-4-3-5-14(17)9-12-19(18)29-2/h3-13H,1-2H3,(H,24,26)/b20-13+. The van der Waals surface area contributed by atoms with E-state index in [9.17, 15) is 9.59 Å². The van der Waals surface area contributed by atoms with Crippen LogP contribution in [0.15, 0.2) is 65.6 Å². The number of rotatable bonds is 5. The summed E-state index contributed by atoms with van der Waals surface area (Å²) in [4.78, 5) is 26.0. The number of nitrogens with zero attached hydrogens (tertiary/aromatic N) is 1. The predicted octanol–water partition coefficient (Wildman–Crippen LogP) is 4.40. The Morgan fingerprint density at radius 2 is 1.77 bits per heavy atom. The minimum Gasteiger partial charge on any atom is -0.497 e. The van der Waals surface area contributed by atoms with Crippen LogP contribution in [0, 0.1) is 0 Å². The van der Waals surface area contributed by atoms with Crippen LogP contribution in [-0.2, 0) is 4.79 Å². The van der Waals surface area contributed by atoms with E-state index in [1.54, 1.807) is 44.6 Å². The lowest BCUT2D eigenvalue weighted by Gasteiger charge is -2.15. The summed E-state index contributed by atoms with van der Waals surface area (Å²) in [6.45, 7) is 0. The lowest BCUT2D eigenvalue weighted by molar-refractivity contribution is -0.123. The second kappa shape index (κ2) is 8.79. The molecule has 0 bridgehead atoms. The average molecular weight is 451 g/mol. The van der Waals surface area contributed by atoms with Crippen molar-refractivity contribution in [1.82, 2.24) is 10.4 Å². The minimum absolute atomic E-state index is 0.248. The molecule has 1 heterocycles. The fourth-order valence-electron chi connectivity index (χ4n) is 3.21. The van der Waals surface area contributed by atoms with Crippen LogP contribution in [0.2, 0.25) is 0 Å². The predicted molar refractivity (Wildman–Crippen MR) is 126 cm³/mol. The quantitative estimate of drug-likeness (QED) is 0.459. The highest BCUT2D eigenvalue weighted by molar-refractivity contribution is 8.26. The maximum absolute atomic E-state index is 13.0. The highest BCUT2D eigenvalue weighted by Gasteiger charge is 2.34. The van der Waals surface area contributed by atoms with Crippen molar-refractivity contribution in [3.63, 3.8) is 0 Å². The molecule has 0 unspecified atom stereocenters. The molecule has 8 heteroatoms. The number of carbonyl (C=O) groups excluding carboxylic acids is 2. The number of thiocarbonyl (C=S) groups is 1. The van der Waals surface area contributed by atoms with E-state index in [4.69, 9.17) is 21.7 Å². The van der Waals surface area contributed by atoms with E-state index in [0.717, 1.165) is 33.1 Å². The van der Waals surface area contributed by atoms with Gasteiger partial charge in [0.2, 0.25) is 0 Å². The number of amides is 2. The summed E-state index contributed by atoms with van der Waals surface area (Å²) in [5.41, 5.74) is 3.75. The number of ether oxygens (including phenoxy) is 2. The number of benzene rings is 3. The lowest BCUT2D eigenvalue weighted by Crippen LogP contribution is -2.44. The number of methoxy groups -OCH3 is 2. The van der Waals surface area contributed by atoms with Gasteiger partial charge in [0.1, 0.15) is 11.5 Å². The van der Waals surface area contributed by atoms with E-state index in [1.807, 2.05) is 36.4 Å². The summed E-state index contributed by atoms with van der Waals surface area (Å²) >= 11 is 6.46. The summed E-state index contributed by atoms with van der Waals surface area (Å²) in [5.74, 6) is 0.440. The molecule has 1 saturated heterocycles. The van der Waals surface area contributed by atoms with Crippen LogP contribution in [0.3, 0.4) is 0 Å². The normalized spacial score (nSPS) is 14.9. The highest BCUT2D eigenvalue weighted by Crippen LogP contribution is 2.36. The first kappa shape index (κ1) is 20.9. The fraction of sp³-hybridized carbons (Fsp3) is 0.0870. The second-order valence-electron chi connectivity index (χ2n) is 6.59. The zero-order valence-corrected chi connectivity index (χ0v) is 18.4. The molecular formula is C23H18N2O4S2. The highest BCUT2D eigenvalue weighted by atomic mass is 32.2. The van der Waals surface area contributed by atoms with E-state index in [-0.39, 0.29) is 4.32 Å². The number of nitrogens with one attached hydrogen (secondary N) is 1. The molecule has 6 nitrogen and oxygen atoms in total. The third kappa shape index (κ3) is 4.12. The number of thioether (sulfide) groups is 1. The molecule has 156 valence electrons. The van der Waals surface area contributed by atoms with E-state index < -0.39 is 11.8 Å². The molecule has 2 amide bonds. The van der Waals surface area contributed by atoms with Gasteiger partial charge >= 0.3 is 0 Å². The first-order valence-corrected chi connectivity index (χ1v) is 10.5. The van der Waals surface area contributed by atoms with Crippen molar-refractivity contribution in [2.45, 2.75) is 0 Å². The molecule has 1 aliphatic rings. The van der Waals surface area contributed by atoms with Gasteiger partial charge in [-0.2, -0.15) is 5.01 Å². The van der Waals surface area contributed by atoms with Crippen LogP contribution in [-0.4, -0.2) is 35.4 Å². The van der Waals surface area contributed by atoms with E-state index >= 15 is 0 Å². The molecule has 0 atom stereocenters. The van der Waals surface area contributed by atoms with Crippen LogP contribution in [0.5, 0.6) is 11.5 Å². The van der Waals surface area contributed by atoms with Crippen LogP contribution in [0.4, 0.5) is 0 Å². The van der Waals surface area contributed by atoms with Crippen molar-refractivity contribution in [2.75, 3.05) is 14.2 Å². The minimum atomic E-state index is -0.442. The van der Waals surface area contributed by atoms with Gasteiger partial charge in [-0.25, -0.2) is 0 Å². The summed E-state index contributed by atoms with van der Waals surface area (Å²) < 4.78 is 10.8. The summed E-state index contributed by atoms with van der Waals surface area (Å²) in [6.07, 6.45) is 1.75. The first-order chi connectivity index (χ1) is 15.0. The molecule has 0 spiro atoms. The van der Waals surface area contributed by atoms with E-state index in [1.165, 1.54) is 0 Å². The Bertz CT molecular complexity index is 1220. The number of fused-ring (bicyclic) bond motifs is 1. The van der Waals surface area contributed by atoms with Gasteiger partial charge in [0.15, 0.2) is 4.32 Å². The van der Waals surface area contributed by atoms with Gasteiger partial charge in [-0.3, -0.25) is 15.0 Å². The van der Waals surface area contributed by atoms with Gasteiger partial charge in [0, 0.05) is 11.1 Å². The number of hydrazine groups is 1. The summed E-state index contributed by atoms with van der Waals surface area (Å²) in [6, 6.07) is 18.2. The van der Waals surface area contributed by atoms with Crippen molar-refractivity contribution >= 4 is 57.0 Å². The zero-order valence-electron chi connectivity index (χ0n) is 16.7. The monoisotopic (exact) mass is 450 g/mol. The number of hydrogen-bond donors (Lipinski definition) is 1. The molecule has 4 rings (SSSR count). The van der Waals surface area contributed by atoms with Gasteiger partial charge in [0.05, 0.1) is 19.1 Å². The van der Waals surface area contributed by atoms with Crippen molar-refractivity contribution in [1.29, 1.82) is 0 Å². The number of hydrogen-bond acceptors (Lipinski definition) is 6. The molecule has 3 aromatic rings. The average Bonchev–Trinajstić information content (AvgIpc) is 3.06. The van der Waals surface area contributed by atoms with Gasteiger partial charge in [-0.1, -0.05) is 42.1 Å². The topological polar surface area (TPSA) is 67.9 Å². The van der Waals surface area contributed by atoms with E-state index in [0.29, 0.717) is 22.0 Å². The molecule has 31 heavy (non-hydrogen) atoms. The van der Waals surface area contributed by atoms with Crippen LogP contribution in [0.1, 0.15) is 15.9 Å². The molecule has 0 aromatic heterocycles. The fourth-order valence-corrected chi connectivity index (χ4v) is 4.37. The molecule has 1 N–H and O–H groups in total. The molecule has 3 aromatic carbocycles. The summed E-state index contributed by atoms with van der Waals surface area (Å²) in [7, 11) is 3.13. The van der Waals surface area contributed by atoms with Crippen LogP contribution >= 0.6 is 24.0 Å². The second-order valence-corrected chi connectivity index (χ2v) is 8.26. The SMILES string of the molecule is COc1ccc(C(=O)NN2C(=O)/C(=C\c3c(OC)ccc4ccccc34)SC2=S)cc1. The van der Waals surface area contributed by atoms with Gasteiger partial charge in [-0.05, 0) is 59.4 Å². The Morgan fingerprint density at radius 3 is 2.48 bits per heavy atom. The molecule has 0 radical (unpaired) electrons.